The van der Waals surface area contributed by atoms with Crippen LogP contribution >= 0.6 is 0 Å². The van der Waals surface area contributed by atoms with Gasteiger partial charge in [-0.1, -0.05) is 0 Å². The second kappa shape index (κ2) is 8.14. The Bertz CT molecular complexity index is 1130. The van der Waals surface area contributed by atoms with Crippen molar-refractivity contribution < 1.29 is 32.9 Å². The Balaban J connectivity index is 2.35. The Hall–Kier alpha value is -3.68. The number of esters is 1. The molecule has 0 bridgehead atoms. The molecule has 8 heteroatoms. The molecule has 3 aromatic rings. The van der Waals surface area contributed by atoms with Crippen molar-refractivity contribution in [1.29, 1.82) is 0 Å². The molecule has 29 heavy (non-hydrogen) atoms. The Labute approximate surface area is 166 Å². The molecule has 2 aromatic carbocycles. The van der Waals surface area contributed by atoms with Crippen molar-refractivity contribution in [3.63, 3.8) is 0 Å². The number of hydrogen-bond donors (Lipinski definition) is 0. The van der Waals surface area contributed by atoms with Crippen LogP contribution in [0.5, 0.6) is 28.7 Å². The van der Waals surface area contributed by atoms with E-state index >= 15 is 0 Å². The molecule has 0 aliphatic heterocycles. The first kappa shape index (κ1) is 20.1. The number of carbonyl (C=O) groups is 1. The van der Waals surface area contributed by atoms with E-state index in [2.05, 4.69) is 0 Å². The van der Waals surface area contributed by atoms with Crippen LogP contribution < -0.4 is 29.1 Å². The monoisotopic (exact) mass is 400 g/mol. The summed E-state index contributed by atoms with van der Waals surface area (Å²) in [6, 6.07) is 8.04. The maximum absolute atomic E-state index is 13.2. The summed E-state index contributed by atoms with van der Waals surface area (Å²) < 4.78 is 32.3. The largest absolute Gasteiger partial charge is 0.496 e. The van der Waals surface area contributed by atoms with Gasteiger partial charge in [0.05, 0.1) is 28.4 Å². The summed E-state index contributed by atoms with van der Waals surface area (Å²) in [5.74, 6) is 0.939. The van der Waals surface area contributed by atoms with Crippen molar-refractivity contribution in [2.75, 3.05) is 28.4 Å². The van der Waals surface area contributed by atoms with E-state index in [4.69, 9.17) is 28.1 Å². The summed E-state index contributed by atoms with van der Waals surface area (Å²) in [5.41, 5.74) is 0.226. The van der Waals surface area contributed by atoms with Gasteiger partial charge in [-0.25, -0.2) is 0 Å². The number of benzene rings is 2. The Morgan fingerprint density at radius 1 is 0.862 bits per heavy atom. The lowest BCUT2D eigenvalue weighted by molar-refractivity contribution is -0.131. The first-order valence-electron chi connectivity index (χ1n) is 8.57. The van der Waals surface area contributed by atoms with Crippen LogP contribution in [0.2, 0.25) is 0 Å². The molecule has 152 valence electrons. The molecule has 0 radical (unpaired) electrons. The summed E-state index contributed by atoms with van der Waals surface area (Å²) in [6.45, 7) is 1.24. The molecule has 8 nitrogen and oxygen atoms in total. The van der Waals surface area contributed by atoms with Crippen LogP contribution in [0.25, 0.3) is 22.3 Å². The summed E-state index contributed by atoms with van der Waals surface area (Å²) in [7, 11) is 5.84. The number of carbonyl (C=O) groups excluding carboxylic acids is 1. The molecule has 0 saturated heterocycles. The summed E-state index contributed by atoms with van der Waals surface area (Å²) >= 11 is 0. The van der Waals surface area contributed by atoms with E-state index in [1.165, 1.54) is 47.5 Å². The zero-order valence-electron chi connectivity index (χ0n) is 16.7. The molecule has 0 atom stereocenters. The predicted molar refractivity (Wildman–Crippen MR) is 105 cm³/mol. The van der Waals surface area contributed by atoms with Crippen LogP contribution in [0.4, 0.5) is 0 Å². The van der Waals surface area contributed by atoms with E-state index < -0.39 is 11.4 Å². The third kappa shape index (κ3) is 3.69. The van der Waals surface area contributed by atoms with Gasteiger partial charge >= 0.3 is 5.97 Å². The first-order valence-corrected chi connectivity index (χ1v) is 8.57. The van der Waals surface area contributed by atoms with Crippen molar-refractivity contribution in [3.05, 3.63) is 40.6 Å². The highest BCUT2D eigenvalue weighted by atomic mass is 16.5. The van der Waals surface area contributed by atoms with Gasteiger partial charge in [-0.05, 0) is 18.2 Å². The van der Waals surface area contributed by atoms with Gasteiger partial charge in [-0.3, -0.25) is 9.59 Å². The van der Waals surface area contributed by atoms with Crippen LogP contribution in [-0.4, -0.2) is 34.4 Å². The smallest absolute Gasteiger partial charge is 0.308 e. The maximum atomic E-state index is 13.2. The van der Waals surface area contributed by atoms with E-state index in [9.17, 15) is 9.59 Å². The molecule has 3 rings (SSSR count). The van der Waals surface area contributed by atoms with Crippen molar-refractivity contribution >= 4 is 16.9 Å². The fraction of sp³-hybridized carbons (Fsp3) is 0.238. The normalized spacial score (nSPS) is 10.5. The molecule has 0 aliphatic rings. The van der Waals surface area contributed by atoms with E-state index in [-0.39, 0.29) is 28.2 Å². The van der Waals surface area contributed by atoms with Crippen molar-refractivity contribution in [3.8, 4) is 40.1 Å². The molecular formula is C21H20O8. The Morgan fingerprint density at radius 3 is 2.17 bits per heavy atom. The van der Waals surface area contributed by atoms with Crippen molar-refractivity contribution in [1.82, 2.24) is 0 Å². The van der Waals surface area contributed by atoms with Gasteiger partial charge < -0.3 is 28.1 Å². The van der Waals surface area contributed by atoms with Crippen molar-refractivity contribution in [2.24, 2.45) is 0 Å². The highest BCUT2D eigenvalue weighted by Crippen LogP contribution is 2.39. The first-order chi connectivity index (χ1) is 13.9. The number of hydrogen-bond acceptors (Lipinski definition) is 8. The van der Waals surface area contributed by atoms with Crippen molar-refractivity contribution in [2.45, 2.75) is 6.92 Å². The maximum Gasteiger partial charge on any atom is 0.308 e. The quantitative estimate of drug-likeness (QED) is 0.459. The molecular weight excluding hydrogens is 380 g/mol. The van der Waals surface area contributed by atoms with Gasteiger partial charge in [0.1, 0.15) is 22.5 Å². The fourth-order valence-corrected chi connectivity index (χ4v) is 2.95. The lowest BCUT2D eigenvalue weighted by Crippen LogP contribution is -2.11. The van der Waals surface area contributed by atoms with Gasteiger partial charge in [-0.15, -0.1) is 0 Å². The minimum Gasteiger partial charge on any atom is -0.496 e. The minimum absolute atomic E-state index is 0.0257. The fourth-order valence-electron chi connectivity index (χ4n) is 2.95. The zero-order valence-corrected chi connectivity index (χ0v) is 16.7. The van der Waals surface area contributed by atoms with Crippen LogP contribution in [0, 0.1) is 0 Å². The second-order valence-electron chi connectivity index (χ2n) is 5.96. The summed E-state index contributed by atoms with van der Waals surface area (Å²) in [4.78, 5) is 24.6. The standard InChI is InChI=1S/C21H20O8/c1-11(22)28-16-9-13(24-2)10-17-18(16)19(23)21(27-5)20(29-17)12-6-7-14(25-3)15(8-12)26-4/h6-10H,1-5H3. The Kier molecular flexibility index (Phi) is 5.63. The molecule has 0 unspecified atom stereocenters. The molecule has 0 aliphatic carbocycles. The highest BCUT2D eigenvalue weighted by Gasteiger charge is 2.22. The molecule has 0 spiro atoms. The molecule has 0 saturated carbocycles. The van der Waals surface area contributed by atoms with E-state index in [0.29, 0.717) is 22.8 Å². The number of rotatable bonds is 6. The summed E-state index contributed by atoms with van der Waals surface area (Å²) in [6.07, 6.45) is 0. The van der Waals surface area contributed by atoms with Gasteiger partial charge in [0.25, 0.3) is 0 Å². The molecule has 0 amide bonds. The minimum atomic E-state index is -0.582. The number of ether oxygens (including phenoxy) is 5. The van der Waals surface area contributed by atoms with E-state index in [1.807, 2.05) is 0 Å². The second-order valence-corrected chi connectivity index (χ2v) is 5.96. The topological polar surface area (TPSA) is 93.4 Å². The Morgan fingerprint density at radius 2 is 1.59 bits per heavy atom. The van der Waals surface area contributed by atoms with Gasteiger partial charge in [0.15, 0.2) is 17.3 Å². The van der Waals surface area contributed by atoms with E-state index in [0.717, 1.165) is 0 Å². The van der Waals surface area contributed by atoms with Crippen LogP contribution in [0.15, 0.2) is 39.5 Å². The SMILES string of the molecule is COc1cc(OC(C)=O)c2c(=O)c(OC)c(-c3ccc(OC)c(OC)c3)oc2c1. The predicted octanol–water partition coefficient (Wildman–Crippen LogP) is 3.42. The lowest BCUT2D eigenvalue weighted by atomic mass is 10.1. The molecule has 1 aromatic heterocycles. The van der Waals surface area contributed by atoms with Crippen LogP contribution in [-0.2, 0) is 4.79 Å². The van der Waals surface area contributed by atoms with E-state index in [1.54, 1.807) is 18.2 Å². The van der Waals surface area contributed by atoms with Crippen LogP contribution in [0.1, 0.15) is 6.92 Å². The molecule has 1 heterocycles. The highest BCUT2D eigenvalue weighted by molar-refractivity contribution is 5.90. The lowest BCUT2D eigenvalue weighted by Gasteiger charge is -2.14. The third-order valence-electron chi connectivity index (χ3n) is 4.23. The van der Waals surface area contributed by atoms with Gasteiger partial charge in [0, 0.05) is 24.6 Å². The average Bonchev–Trinajstić information content (AvgIpc) is 2.72. The molecule has 0 N–H and O–H groups in total. The summed E-state index contributed by atoms with van der Waals surface area (Å²) in [5, 5.41) is 0.0714. The number of fused-ring (bicyclic) bond motifs is 1. The van der Waals surface area contributed by atoms with Gasteiger partial charge in [0.2, 0.25) is 11.2 Å². The van der Waals surface area contributed by atoms with Gasteiger partial charge in [-0.2, -0.15) is 0 Å². The zero-order chi connectivity index (χ0) is 21.1. The third-order valence-corrected chi connectivity index (χ3v) is 4.23. The molecule has 0 fully saturated rings. The number of methoxy groups -OCH3 is 4. The van der Waals surface area contributed by atoms with Crippen LogP contribution in [0.3, 0.4) is 0 Å². The average molecular weight is 400 g/mol.